The Balaban J connectivity index is 1.25. The zero-order valence-corrected chi connectivity index (χ0v) is 18.0. The number of amides is 1. The summed E-state index contributed by atoms with van der Waals surface area (Å²) in [5, 5.41) is 3.17. The molecule has 1 amide bonds. The molecular weight excluding hydrogens is 394 g/mol. The molecule has 4 heterocycles. The highest BCUT2D eigenvalue weighted by atomic mass is 16.5. The SMILES string of the molecule is COc1nc2c(cc1C(=O)NC1CCN(c3nccc(C4CCOCC4)n3)C1)CCC2. The molecule has 1 atom stereocenters. The van der Waals surface area contributed by atoms with Gasteiger partial charge in [0.05, 0.1) is 7.11 Å². The van der Waals surface area contributed by atoms with Crippen LogP contribution in [0.15, 0.2) is 18.3 Å². The molecule has 2 aromatic rings. The number of ether oxygens (including phenoxy) is 2. The Labute approximate surface area is 182 Å². The highest BCUT2D eigenvalue weighted by Gasteiger charge is 2.29. The lowest BCUT2D eigenvalue weighted by atomic mass is 9.96. The molecule has 1 aliphatic carbocycles. The molecule has 164 valence electrons. The molecule has 2 aliphatic heterocycles. The summed E-state index contributed by atoms with van der Waals surface area (Å²) in [6, 6.07) is 4.01. The summed E-state index contributed by atoms with van der Waals surface area (Å²) in [6.07, 6.45) is 7.73. The second-order valence-corrected chi connectivity index (χ2v) is 8.58. The third kappa shape index (κ3) is 4.21. The van der Waals surface area contributed by atoms with Gasteiger partial charge in [0.15, 0.2) is 0 Å². The van der Waals surface area contributed by atoms with Gasteiger partial charge in [-0.25, -0.2) is 15.0 Å². The Bertz CT molecular complexity index is 960. The van der Waals surface area contributed by atoms with E-state index in [0.29, 0.717) is 23.9 Å². The first-order valence-electron chi connectivity index (χ1n) is 11.2. The highest BCUT2D eigenvalue weighted by molar-refractivity contribution is 5.97. The second kappa shape index (κ2) is 8.78. The molecular formula is C23H29N5O3. The van der Waals surface area contributed by atoms with Crippen molar-refractivity contribution in [1.29, 1.82) is 0 Å². The topological polar surface area (TPSA) is 89.5 Å². The number of carbonyl (C=O) groups excluding carboxylic acids is 1. The number of pyridine rings is 1. The van der Waals surface area contributed by atoms with E-state index in [9.17, 15) is 4.79 Å². The van der Waals surface area contributed by atoms with E-state index in [0.717, 1.165) is 81.2 Å². The summed E-state index contributed by atoms with van der Waals surface area (Å²) < 4.78 is 10.9. The van der Waals surface area contributed by atoms with E-state index in [1.165, 1.54) is 0 Å². The van der Waals surface area contributed by atoms with Gasteiger partial charge in [0.1, 0.15) is 5.56 Å². The Kier molecular flexibility index (Phi) is 5.72. The van der Waals surface area contributed by atoms with Gasteiger partial charge in [0, 0.05) is 55.8 Å². The largest absolute Gasteiger partial charge is 0.480 e. The Morgan fingerprint density at radius 3 is 2.94 bits per heavy atom. The van der Waals surface area contributed by atoms with Crippen molar-refractivity contribution >= 4 is 11.9 Å². The molecule has 2 fully saturated rings. The van der Waals surface area contributed by atoms with Crippen molar-refractivity contribution in [3.8, 4) is 5.88 Å². The smallest absolute Gasteiger partial charge is 0.257 e. The van der Waals surface area contributed by atoms with Gasteiger partial charge in [-0.2, -0.15) is 0 Å². The zero-order chi connectivity index (χ0) is 21.2. The number of hydrogen-bond acceptors (Lipinski definition) is 7. The van der Waals surface area contributed by atoms with E-state index in [1.807, 2.05) is 18.3 Å². The van der Waals surface area contributed by atoms with Crippen LogP contribution in [0.1, 0.15) is 58.9 Å². The first-order chi connectivity index (χ1) is 15.2. The van der Waals surface area contributed by atoms with Gasteiger partial charge in [-0.1, -0.05) is 0 Å². The fraction of sp³-hybridized carbons (Fsp3) is 0.565. The molecule has 0 saturated carbocycles. The number of carbonyl (C=O) groups is 1. The van der Waals surface area contributed by atoms with E-state index in [4.69, 9.17) is 14.5 Å². The van der Waals surface area contributed by atoms with Gasteiger partial charge >= 0.3 is 0 Å². The van der Waals surface area contributed by atoms with Crippen molar-refractivity contribution in [2.75, 3.05) is 38.3 Å². The van der Waals surface area contributed by atoms with Crippen LogP contribution >= 0.6 is 0 Å². The number of nitrogens with one attached hydrogen (secondary N) is 1. The maximum atomic E-state index is 13.0. The molecule has 8 heteroatoms. The van der Waals surface area contributed by atoms with Crippen LogP contribution in [0, 0.1) is 0 Å². The summed E-state index contributed by atoms with van der Waals surface area (Å²) in [5.41, 5.74) is 3.84. The summed E-state index contributed by atoms with van der Waals surface area (Å²) >= 11 is 0. The van der Waals surface area contributed by atoms with E-state index in [-0.39, 0.29) is 11.9 Å². The minimum atomic E-state index is -0.122. The average molecular weight is 424 g/mol. The first kappa shape index (κ1) is 20.2. The van der Waals surface area contributed by atoms with Crippen LogP contribution in [-0.4, -0.2) is 60.3 Å². The summed E-state index contributed by atoms with van der Waals surface area (Å²) in [4.78, 5) is 29.0. The number of aryl methyl sites for hydroxylation is 2. The van der Waals surface area contributed by atoms with Crippen LogP contribution in [0.4, 0.5) is 5.95 Å². The van der Waals surface area contributed by atoms with Gasteiger partial charge in [-0.3, -0.25) is 4.79 Å². The van der Waals surface area contributed by atoms with E-state index in [2.05, 4.69) is 20.2 Å². The lowest BCUT2D eigenvalue weighted by Gasteiger charge is -2.23. The minimum Gasteiger partial charge on any atom is -0.480 e. The lowest BCUT2D eigenvalue weighted by molar-refractivity contribution is 0.0845. The molecule has 1 unspecified atom stereocenters. The van der Waals surface area contributed by atoms with E-state index >= 15 is 0 Å². The third-order valence-electron chi connectivity index (χ3n) is 6.56. The molecule has 5 rings (SSSR count). The summed E-state index contributed by atoms with van der Waals surface area (Å²) in [6.45, 7) is 3.11. The van der Waals surface area contributed by atoms with Crippen LogP contribution in [0.25, 0.3) is 0 Å². The molecule has 8 nitrogen and oxygen atoms in total. The molecule has 0 spiro atoms. The molecule has 0 radical (unpaired) electrons. The van der Waals surface area contributed by atoms with Crippen molar-refractivity contribution in [3.63, 3.8) is 0 Å². The number of methoxy groups -OCH3 is 1. The number of hydrogen-bond donors (Lipinski definition) is 1. The lowest BCUT2D eigenvalue weighted by Crippen LogP contribution is -2.37. The van der Waals surface area contributed by atoms with E-state index < -0.39 is 0 Å². The van der Waals surface area contributed by atoms with Crippen molar-refractivity contribution in [1.82, 2.24) is 20.3 Å². The normalized spacial score (nSPS) is 21.2. The fourth-order valence-electron chi connectivity index (χ4n) is 4.83. The number of aromatic nitrogens is 3. The Morgan fingerprint density at radius 1 is 1.23 bits per heavy atom. The number of nitrogens with zero attached hydrogens (tertiary/aromatic N) is 4. The van der Waals surface area contributed by atoms with Crippen LogP contribution < -0.4 is 15.0 Å². The molecule has 3 aliphatic rings. The molecule has 1 N–H and O–H groups in total. The molecule has 0 bridgehead atoms. The van der Waals surface area contributed by atoms with Crippen molar-refractivity contribution < 1.29 is 14.3 Å². The quantitative estimate of drug-likeness (QED) is 0.789. The standard InChI is InChI=1S/C23H29N5O3/c1-30-22-18(13-16-3-2-4-19(16)26-22)21(29)25-17-6-10-28(14-17)23-24-9-5-20(27-23)15-7-11-31-12-8-15/h5,9,13,15,17H,2-4,6-8,10-12,14H2,1H3,(H,25,29). The van der Waals surface area contributed by atoms with Crippen LogP contribution in [0.2, 0.25) is 0 Å². The predicted octanol–water partition coefficient (Wildman–Crippen LogP) is 2.27. The second-order valence-electron chi connectivity index (χ2n) is 8.58. The number of rotatable bonds is 5. The Morgan fingerprint density at radius 2 is 2.10 bits per heavy atom. The molecule has 2 aromatic heterocycles. The number of fused-ring (bicyclic) bond motifs is 1. The monoisotopic (exact) mass is 423 g/mol. The van der Waals surface area contributed by atoms with Gasteiger partial charge in [0.2, 0.25) is 11.8 Å². The molecule has 2 saturated heterocycles. The fourth-order valence-corrected chi connectivity index (χ4v) is 4.83. The van der Waals surface area contributed by atoms with Crippen LogP contribution in [0.5, 0.6) is 5.88 Å². The maximum Gasteiger partial charge on any atom is 0.257 e. The van der Waals surface area contributed by atoms with Gasteiger partial charge in [-0.05, 0) is 56.2 Å². The minimum absolute atomic E-state index is 0.0424. The van der Waals surface area contributed by atoms with Crippen molar-refractivity contribution in [2.45, 2.75) is 50.5 Å². The third-order valence-corrected chi connectivity index (χ3v) is 6.56. The maximum absolute atomic E-state index is 13.0. The first-order valence-corrected chi connectivity index (χ1v) is 11.2. The van der Waals surface area contributed by atoms with Crippen LogP contribution in [-0.2, 0) is 17.6 Å². The predicted molar refractivity (Wildman–Crippen MR) is 116 cm³/mol. The van der Waals surface area contributed by atoms with Gasteiger partial charge in [-0.15, -0.1) is 0 Å². The summed E-state index contributed by atoms with van der Waals surface area (Å²) in [5.74, 6) is 1.48. The Hall–Kier alpha value is -2.74. The van der Waals surface area contributed by atoms with Gasteiger partial charge < -0.3 is 19.7 Å². The summed E-state index contributed by atoms with van der Waals surface area (Å²) in [7, 11) is 1.57. The number of anilines is 1. The van der Waals surface area contributed by atoms with E-state index in [1.54, 1.807) is 7.11 Å². The van der Waals surface area contributed by atoms with Crippen molar-refractivity contribution in [2.24, 2.45) is 0 Å². The molecule has 0 aromatic carbocycles. The average Bonchev–Trinajstić information content (AvgIpc) is 3.48. The highest BCUT2D eigenvalue weighted by Crippen LogP contribution is 2.28. The zero-order valence-electron chi connectivity index (χ0n) is 18.0. The van der Waals surface area contributed by atoms with Crippen LogP contribution in [0.3, 0.4) is 0 Å². The molecule has 31 heavy (non-hydrogen) atoms. The van der Waals surface area contributed by atoms with Crippen molar-refractivity contribution in [3.05, 3.63) is 40.8 Å². The van der Waals surface area contributed by atoms with Gasteiger partial charge in [0.25, 0.3) is 5.91 Å².